The third-order valence-corrected chi connectivity index (χ3v) is 4.19. The van der Waals surface area contributed by atoms with Gasteiger partial charge in [-0.2, -0.15) is 0 Å². The first-order chi connectivity index (χ1) is 11.2. The molecule has 1 saturated heterocycles. The predicted octanol–water partition coefficient (Wildman–Crippen LogP) is 1.77. The highest BCUT2D eigenvalue weighted by atomic mass is 16.2. The van der Waals surface area contributed by atoms with Gasteiger partial charge in [0, 0.05) is 12.2 Å². The van der Waals surface area contributed by atoms with Crippen molar-refractivity contribution >= 4 is 5.91 Å². The van der Waals surface area contributed by atoms with E-state index in [1.807, 2.05) is 30.3 Å². The van der Waals surface area contributed by atoms with Gasteiger partial charge < -0.3 is 15.6 Å². The molecule has 23 heavy (non-hydrogen) atoms. The van der Waals surface area contributed by atoms with Crippen molar-refractivity contribution in [3.05, 3.63) is 58.4 Å². The molecule has 2 aromatic rings. The quantitative estimate of drug-likeness (QED) is 0.805. The van der Waals surface area contributed by atoms with Crippen LogP contribution in [-0.4, -0.2) is 30.5 Å². The highest BCUT2D eigenvalue weighted by Crippen LogP contribution is 2.14. The Balaban J connectivity index is 1.68. The normalized spacial score (nSPS) is 17.7. The lowest BCUT2D eigenvalue weighted by Gasteiger charge is -2.22. The maximum absolute atomic E-state index is 12.2. The monoisotopic (exact) mass is 311 g/mol. The largest absolute Gasteiger partial charge is 0.352 e. The van der Waals surface area contributed by atoms with Crippen LogP contribution in [0.4, 0.5) is 0 Å². The number of carbonyl (C=O) groups excluding carboxylic acids is 1. The summed E-state index contributed by atoms with van der Waals surface area (Å²) in [6.45, 7) is 2.57. The summed E-state index contributed by atoms with van der Waals surface area (Å²) in [5.41, 5.74) is 1.44. The Morgan fingerprint density at radius 3 is 2.70 bits per heavy atom. The van der Waals surface area contributed by atoms with E-state index in [9.17, 15) is 9.59 Å². The second-order valence-electron chi connectivity index (χ2n) is 5.90. The number of benzene rings is 1. The van der Waals surface area contributed by atoms with Crippen LogP contribution >= 0.6 is 0 Å². The van der Waals surface area contributed by atoms with Crippen LogP contribution in [0.2, 0.25) is 0 Å². The molecule has 1 aliphatic rings. The third kappa shape index (κ3) is 3.87. The predicted molar refractivity (Wildman–Crippen MR) is 90.4 cm³/mol. The van der Waals surface area contributed by atoms with Gasteiger partial charge >= 0.3 is 0 Å². The highest BCUT2D eigenvalue weighted by molar-refractivity contribution is 5.94. The fourth-order valence-corrected chi connectivity index (χ4v) is 2.87. The number of nitrogens with one attached hydrogen (secondary N) is 3. The van der Waals surface area contributed by atoms with Gasteiger partial charge in [0.2, 0.25) is 0 Å². The zero-order chi connectivity index (χ0) is 16.1. The van der Waals surface area contributed by atoms with E-state index in [0.717, 1.165) is 31.5 Å². The summed E-state index contributed by atoms with van der Waals surface area (Å²) in [5, 5.41) is 6.19. The lowest BCUT2D eigenvalue weighted by atomic mass is 10.00. The summed E-state index contributed by atoms with van der Waals surface area (Å²) < 4.78 is 0. The van der Waals surface area contributed by atoms with Crippen molar-refractivity contribution in [2.24, 2.45) is 5.92 Å². The molecule has 1 fully saturated rings. The number of rotatable bonds is 4. The van der Waals surface area contributed by atoms with Gasteiger partial charge in [-0.05, 0) is 49.5 Å². The summed E-state index contributed by atoms with van der Waals surface area (Å²) in [6.07, 6.45) is 2.24. The van der Waals surface area contributed by atoms with Crippen molar-refractivity contribution in [1.82, 2.24) is 15.6 Å². The molecule has 5 nitrogen and oxygen atoms in total. The Hall–Kier alpha value is -2.40. The number of aromatic amines is 1. The molecule has 3 N–H and O–H groups in total. The van der Waals surface area contributed by atoms with Crippen molar-refractivity contribution in [3.63, 3.8) is 0 Å². The Labute approximate surface area is 135 Å². The van der Waals surface area contributed by atoms with Crippen LogP contribution in [0.3, 0.4) is 0 Å². The van der Waals surface area contributed by atoms with E-state index in [1.54, 1.807) is 12.1 Å². The van der Waals surface area contributed by atoms with Gasteiger partial charge in [0.15, 0.2) is 0 Å². The number of H-pyrrole nitrogens is 1. The van der Waals surface area contributed by atoms with Crippen LogP contribution in [-0.2, 0) is 0 Å². The average Bonchev–Trinajstić information content (AvgIpc) is 2.61. The first-order valence-corrected chi connectivity index (χ1v) is 8.02. The first-order valence-electron chi connectivity index (χ1n) is 8.02. The van der Waals surface area contributed by atoms with Crippen LogP contribution < -0.4 is 16.2 Å². The van der Waals surface area contributed by atoms with E-state index in [-0.39, 0.29) is 17.0 Å². The number of carbonyl (C=O) groups is 1. The minimum Gasteiger partial charge on any atom is -0.352 e. The van der Waals surface area contributed by atoms with Crippen molar-refractivity contribution in [2.75, 3.05) is 19.6 Å². The summed E-state index contributed by atoms with van der Waals surface area (Å²) in [6, 6.07) is 12.9. The van der Waals surface area contributed by atoms with E-state index in [1.165, 1.54) is 0 Å². The number of aromatic nitrogens is 1. The van der Waals surface area contributed by atoms with Crippen molar-refractivity contribution in [1.29, 1.82) is 0 Å². The Morgan fingerprint density at radius 1 is 1.17 bits per heavy atom. The van der Waals surface area contributed by atoms with Gasteiger partial charge in [-0.15, -0.1) is 0 Å². The summed E-state index contributed by atoms with van der Waals surface area (Å²) in [7, 11) is 0. The van der Waals surface area contributed by atoms with Crippen LogP contribution in [0.15, 0.2) is 47.3 Å². The van der Waals surface area contributed by atoms with Crippen molar-refractivity contribution in [3.8, 4) is 11.3 Å². The van der Waals surface area contributed by atoms with E-state index >= 15 is 0 Å². The maximum atomic E-state index is 12.2. The van der Waals surface area contributed by atoms with Crippen LogP contribution in [0, 0.1) is 5.92 Å². The SMILES string of the molecule is O=C(NCC1CCCNC1)c1ccc(-c2ccccc2)[nH]c1=O. The zero-order valence-corrected chi connectivity index (χ0v) is 13.0. The smallest absolute Gasteiger partial charge is 0.261 e. The molecule has 0 bridgehead atoms. The molecule has 0 saturated carbocycles. The topological polar surface area (TPSA) is 74.0 Å². The van der Waals surface area contributed by atoms with Gasteiger partial charge in [0.1, 0.15) is 5.56 Å². The average molecular weight is 311 g/mol. The number of piperidine rings is 1. The lowest BCUT2D eigenvalue weighted by molar-refractivity contribution is 0.0943. The van der Waals surface area contributed by atoms with E-state index in [0.29, 0.717) is 18.2 Å². The Kier molecular flexibility index (Phi) is 4.88. The molecule has 1 aromatic heterocycles. The van der Waals surface area contributed by atoms with Crippen LogP contribution in [0.25, 0.3) is 11.3 Å². The molecule has 120 valence electrons. The molecular weight excluding hydrogens is 290 g/mol. The maximum Gasteiger partial charge on any atom is 0.261 e. The molecule has 1 aromatic carbocycles. The zero-order valence-electron chi connectivity index (χ0n) is 13.0. The Bertz CT molecular complexity index is 719. The molecule has 2 heterocycles. The minimum atomic E-state index is -0.356. The molecule has 5 heteroatoms. The summed E-state index contributed by atoms with van der Waals surface area (Å²) in [4.78, 5) is 27.2. The molecular formula is C18H21N3O2. The summed E-state index contributed by atoms with van der Waals surface area (Å²) in [5.74, 6) is 0.131. The molecule has 0 radical (unpaired) electrons. The van der Waals surface area contributed by atoms with Crippen LogP contribution in [0.1, 0.15) is 23.2 Å². The van der Waals surface area contributed by atoms with Gasteiger partial charge in [-0.25, -0.2) is 0 Å². The fraction of sp³-hybridized carbons (Fsp3) is 0.333. The van der Waals surface area contributed by atoms with Gasteiger partial charge in [0.05, 0.1) is 0 Å². The molecule has 0 spiro atoms. The molecule has 1 unspecified atom stereocenters. The minimum absolute atomic E-state index is 0.161. The number of hydrogen-bond donors (Lipinski definition) is 3. The van der Waals surface area contributed by atoms with Crippen LogP contribution in [0.5, 0.6) is 0 Å². The highest BCUT2D eigenvalue weighted by Gasteiger charge is 2.16. The second kappa shape index (κ2) is 7.24. The standard InChI is InChI=1S/C18H21N3O2/c22-17(20-12-13-5-4-10-19-11-13)15-8-9-16(21-18(15)23)14-6-2-1-3-7-14/h1-3,6-9,13,19H,4-5,10-12H2,(H,20,22)(H,21,23). The number of pyridine rings is 1. The van der Waals surface area contributed by atoms with E-state index in [2.05, 4.69) is 15.6 Å². The molecule has 1 aliphatic heterocycles. The molecule has 1 amide bonds. The Morgan fingerprint density at radius 2 is 2.00 bits per heavy atom. The van der Waals surface area contributed by atoms with Crippen molar-refractivity contribution in [2.45, 2.75) is 12.8 Å². The summed E-state index contributed by atoms with van der Waals surface area (Å²) >= 11 is 0. The molecule has 0 aliphatic carbocycles. The first kappa shape index (κ1) is 15.5. The number of hydrogen-bond acceptors (Lipinski definition) is 3. The number of amides is 1. The van der Waals surface area contributed by atoms with E-state index < -0.39 is 0 Å². The molecule has 3 rings (SSSR count). The third-order valence-electron chi connectivity index (χ3n) is 4.19. The second-order valence-corrected chi connectivity index (χ2v) is 5.90. The van der Waals surface area contributed by atoms with Gasteiger partial charge in [-0.3, -0.25) is 9.59 Å². The van der Waals surface area contributed by atoms with Gasteiger partial charge in [0.25, 0.3) is 11.5 Å². The van der Waals surface area contributed by atoms with Crippen molar-refractivity contribution < 1.29 is 4.79 Å². The lowest BCUT2D eigenvalue weighted by Crippen LogP contribution is -2.39. The van der Waals surface area contributed by atoms with Gasteiger partial charge in [-0.1, -0.05) is 30.3 Å². The molecule has 1 atom stereocenters. The van der Waals surface area contributed by atoms with E-state index in [4.69, 9.17) is 0 Å². The fourth-order valence-electron chi connectivity index (χ4n) is 2.87.